The summed E-state index contributed by atoms with van der Waals surface area (Å²) in [6, 6.07) is 0.965. The van der Waals surface area contributed by atoms with Crippen LogP contribution in [0.25, 0.3) is 0 Å². The summed E-state index contributed by atoms with van der Waals surface area (Å²) in [6.45, 7) is -0.912. The van der Waals surface area contributed by atoms with Crippen molar-refractivity contribution < 1.29 is 37.7 Å². The minimum absolute atomic E-state index is 0.697. The van der Waals surface area contributed by atoms with Gasteiger partial charge in [0.2, 0.25) is 0 Å². The number of H-pyrrole nitrogens is 1. The average Bonchev–Trinajstić information content (AvgIpc) is 2.73. The molecule has 1 aliphatic rings. The van der Waals surface area contributed by atoms with Crippen LogP contribution in [0.15, 0.2) is 21.9 Å². The predicted octanol–water partition coefficient (Wildman–Crippen LogP) is -1.42. The van der Waals surface area contributed by atoms with Gasteiger partial charge in [-0.05, 0) is 0 Å². The van der Waals surface area contributed by atoms with Gasteiger partial charge in [0.1, 0.15) is 18.3 Å². The number of aliphatic hydroxyl groups excluding tert-OH is 2. The van der Waals surface area contributed by atoms with Crippen LogP contribution in [-0.2, 0) is 13.8 Å². The van der Waals surface area contributed by atoms with Crippen LogP contribution >= 0.6 is 7.60 Å². The Balaban J connectivity index is 2.14. The second kappa shape index (κ2) is 6.59. The number of hydrogen-bond acceptors (Lipinski definition) is 7. The molecule has 5 atom stereocenters. The molecule has 1 aromatic heterocycles. The minimum Gasteiger partial charge on any atom is -0.387 e. The lowest BCUT2D eigenvalue weighted by Crippen LogP contribution is -2.37. The summed E-state index contributed by atoms with van der Waals surface area (Å²) in [4.78, 5) is 33.3. The van der Waals surface area contributed by atoms with Gasteiger partial charge < -0.3 is 24.4 Å². The van der Waals surface area contributed by atoms with Crippen LogP contribution in [0.1, 0.15) is 6.23 Å². The van der Waals surface area contributed by atoms with Gasteiger partial charge in [0.05, 0.1) is 6.61 Å². The summed E-state index contributed by atoms with van der Waals surface area (Å²) in [5.74, 6) is 0. The first kappa shape index (κ1) is 17.9. The molecule has 2 heterocycles. The van der Waals surface area contributed by atoms with Gasteiger partial charge in [0.15, 0.2) is 6.23 Å². The Bertz CT molecular complexity index is 721. The summed E-state index contributed by atoms with van der Waals surface area (Å²) < 4.78 is 45.5. The largest absolute Gasteiger partial charge is 0.394 e. The van der Waals surface area contributed by atoms with Crippen LogP contribution in [-0.4, -0.2) is 55.7 Å². The molecular formula is C10H13F2N2O8P. The van der Waals surface area contributed by atoms with E-state index in [-0.39, 0.29) is 0 Å². The molecule has 2 rings (SSSR count). The van der Waals surface area contributed by atoms with Crippen molar-refractivity contribution in [2.75, 3.05) is 6.61 Å². The van der Waals surface area contributed by atoms with Gasteiger partial charge in [-0.1, -0.05) is 0 Å². The van der Waals surface area contributed by atoms with Gasteiger partial charge in [0.25, 0.3) is 5.56 Å². The van der Waals surface area contributed by atoms with E-state index in [1.54, 1.807) is 0 Å². The van der Waals surface area contributed by atoms with Gasteiger partial charge in [-0.15, -0.1) is 0 Å². The molecule has 0 saturated carbocycles. The standard InChI is InChI=1S/C10H13F2N2O8P/c11-9(12)23(19,20)21-3-4-6(16)7(17)8(22-4)14-2-1-5(15)13-10(14)18/h1-2,4,6-9,16-17H,3H2,(H,19,20)(H,13,15,18). The number of aliphatic hydroxyl groups is 2. The molecule has 5 unspecified atom stereocenters. The third kappa shape index (κ3) is 3.74. The fourth-order valence-electron chi connectivity index (χ4n) is 1.96. The van der Waals surface area contributed by atoms with Crippen molar-refractivity contribution in [3.8, 4) is 0 Å². The molecule has 0 aromatic carbocycles. The number of nitrogens with one attached hydrogen (secondary N) is 1. The highest BCUT2D eigenvalue weighted by Gasteiger charge is 2.45. The van der Waals surface area contributed by atoms with E-state index in [1.807, 2.05) is 4.98 Å². The van der Waals surface area contributed by atoms with Crippen molar-refractivity contribution in [1.82, 2.24) is 9.55 Å². The highest BCUT2D eigenvalue weighted by molar-refractivity contribution is 7.53. The molecule has 1 aliphatic heterocycles. The van der Waals surface area contributed by atoms with E-state index < -0.39 is 56.2 Å². The molecule has 0 bridgehead atoms. The smallest absolute Gasteiger partial charge is 0.387 e. The van der Waals surface area contributed by atoms with Crippen LogP contribution < -0.4 is 11.2 Å². The van der Waals surface area contributed by atoms with Crippen LogP contribution in [0.3, 0.4) is 0 Å². The van der Waals surface area contributed by atoms with E-state index in [0.717, 1.165) is 16.8 Å². The van der Waals surface area contributed by atoms with E-state index in [9.17, 15) is 33.1 Å². The lowest BCUT2D eigenvalue weighted by Gasteiger charge is -2.17. The Hall–Kier alpha value is -1.43. The van der Waals surface area contributed by atoms with Gasteiger partial charge in [-0.2, -0.15) is 8.78 Å². The van der Waals surface area contributed by atoms with Crippen molar-refractivity contribution in [3.05, 3.63) is 33.1 Å². The molecule has 0 amide bonds. The number of halogens is 2. The fraction of sp³-hybridized carbons (Fsp3) is 0.600. The molecular weight excluding hydrogens is 345 g/mol. The summed E-state index contributed by atoms with van der Waals surface area (Å²) >= 11 is 0. The number of aromatic amines is 1. The van der Waals surface area contributed by atoms with Crippen LogP contribution in [0, 0.1) is 0 Å². The molecule has 4 N–H and O–H groups in total. The van der Waals surface area contributed by atoms with E-state index in [0.29, 0.717) is 0 Å². The van der Waals surface area contributed by atoms with Crippen molar-refractivity contribution in [2.45, 2.75) is 30.7 Å². The molecule has 1 fully saturated rings. The zero-order chi connectivity index (χ0) is 17.4. The SMILES string of the molecule is O=c1ccn(C2OC(COP(=O)(O)C(F)F)C(O)C2O)c(=O)[nH]1. The number of aromatic nitrogens is 2. The van der Waals surface area contributed by atoms with Gasteiger partial charge in [0, 0.05) is 12.3 Å². The van der Waals surface area contributed by atoms with Gasteiger partial charge in [-0.3, -0.25) is 18.9 Å². The molecule has 0 radical (unpaired) electrons. The Labute approximate surface area is 126 Å². The maximum absolute atomic E-state index is 12.2. The third-order valence-electron chi connectivity index (χ3n) is 3.13. The van der Waals surface area contributed by atoms with Crippen molar-refractivity contribution in [1.29, 1.82) is 0 Å². The van der Waals surface area contributed by atoms with E-state index in [4.69, 9.17) is 9.63 Å². The Morgan fingerprint density at radius 1 is 1.39 bits per heavy atom. The van der Waals surface area contributed by atoms with E-state index in [1.165, 1.54) is 0 Å². The number of ether oxygens (including phenoxy) is 1. The molecule has 23 heavy (non-hydrogen) atoms. The maximum Gasteiger partial charge on any atom is 0.394 e. The number of alkyl halides is 2. The Morgan fingerprint density at radius 3 is 2.61 bits per heavy atom. The molecule has 130 valence electrons. The fourth-order valence-corrected chi connectivity index (χ4v) is 2.43. The van der Waals surface area contributed by atoms with Gasteiger partial charge in [-0.25, -0.2) is 4.79 Å². The molecule has 1 saturated heterocycles. The van der Waals surface area contributed by atoms with Crippen LogP contribution in [0.5, 0.6) is 0 Å². The third-order valence-corrected chi connectivity index (χ3v) is 4.15. The first-order valence-corrected chi connectivity index (χ1v) is 7.86. The highest BCUT2D eigenvalue weighted by Crippen LogP contribution is 2.49. The van der Waals surface area contributed by atoms with Gasteiger partial charge >= 0.3 is 19.5 Å². The number of rotatable bonds is 5. The Morgan fingerprint density at radius 2 is 2.04 bits per heavy atom. The predicted molar refractivity (Wildman–Crippen MR) is 69.0 cm³/mol. The zero-order valence-electron chi connectivity index (χ0n) is 11.3. The van der Waals surface area contributed by atoms with E-state index in [2.05, 4.69) is 4.52 Å². The summed E-state index contributed by atoms with van der Waals surface area (Å²) in [5, 5.41) is 19.6. The summed E-state index contributed by atoms with van der Waals surface area (Å²) in [6.07, 6.45) is -8.83. The monoisotopic (exact) mass is 358 g/mol. The quantitative estimate of drug-likeness (QED) is 0.468. The summed E-state index contributed by atoms with van der Waals surface area (Å²) in [5.41, 5.74) is -1.63. The molecule has 13 heteroatoms. The lowest BCUT2D eigenvalue weighted by atomic mass is 10.1. The average molecular weight is 358 g/mol. The van der Waals surface area contributed by atoms with Crippen LogP contribution in [0.4, 0.5) is 8.78 Å². The van der Waals surface area contributed by atoms with Crippen molar-refractivity contribution >= 4 is 7.60 Å². The molecule has 10 nitrogen and oxygen atoms in total. The second-order valence-corrected chi connectivity index (χ2v) is 6.48. The van der Waals surface area contributed by atoms with Crippen LogP contribution in [0.2, 0.25) is 0 Å². The lowest BCUT2D eigenvalue weighted by molar-refractivity contribution is -0.0537. The van der Waals surface area contributed by atoms with Crippen molar-refractivity contribution in [2.24, 2.45) is 0 Å². The highest BCUT2D eigenvalue weighted by atomic mass is 31.2. The number of nitrogens with zero attached hydrogens (tertiary/aromatic N) is 1. The first-order chi connectivity index (χ1) is 10.6. The van der Waals surface area contributed by atoms with Crippen molar-refractivity contribution in [3.63, 3.8) is 0 Å². The second-order valence-electron chi connectivity index (χ2n) is 4.70. The van der Waals surface area contributed by atoms with E-state index >= 15 is 0 Å². The topological polar surface area (TPSA) is 151 Å². The maximum atomic E-state index is 12.2. The molecule has 0 spiro atoms. The Kier molecular flexibility index (Phi) is 5.14. The number of hydrogen-bond donors (Lipinski definition) is 4. The summed E-state index contributed by atoms with van der Waals surface area (Å²) in [7, 11) is -5.19. The minimum atomic E-state index is -5.19. The molecule has 0 aliphatic carbocycles. The normalized spacial score (nSPS) is 30.5. The molecule has 1 aromatic rings. The first-order valence-electron chi connectivity index (χ1n) is 6.21. The zero-order valence-corrected chi connectivity index (χ0v) is 12.2.